The normalized spacial score (nSPS) is 10.7. The van der Waals surface area contributed by atoms with Crippen LogP contribution in [0.5, 0.6) is 0 Å². The number of anilines is 1. The van der Waals surface area contributed by atoms with E-state index in [2.05, 4.69) is 14.9 Å². The Labute approximate surface area is 93.7 Å². The molecule has 0 radical (unpaired) electrons. The highest BCUT2D eigenvalue weighted by Crippen LogP contribution is 2.15. The van der Waals surface area contributed by atoms with Gasteiger partial charge in [-0.15, -0.1) is 0 Å². The number of H-pyrrole nitrogens is 1. The zero-order valence-corrected chi connectivity index (χ0v) is 9.88. The Morgan fingerprint density at radius 3 is 2.67 bits per heavy atom. The van der Waals surface area contributed by atoms with E-state index in [0.29, 0.717) is 5.82 Å². The van der Waals surface area contributed by atoms with Gasteiger partial charge in [0.1, 0.15) is 5.02 Å². The fourth-order valence-corrected chi connectivity index (χ4v) is 1.34. The Balaban J connectivity index is 2.78. The highest BCUT2D eigenvalue weighted by atomic mass is 35.5. The molecule has 0 saturated heterocycles. The van der Waals surface area contributed by atoms with Gasteiger partial charge < -0.3 is 14.8 Å². The highest BCUT2D eigenvalue weighted by molar-refractivity contribution is 6.32. The number of nitrogens with zero attached hydrogens (tertiary/aromatic N) is 3. The first-order valence-corrected chi connectivity index (χ1v) is 4.99. The standard InChI is InChI=1S/C9H15ClN4O/c1-13(2)4-5-14(3)8-7(10)9(15)12-6-11-8/h6H,4-5H2,1-3H3,(H,11,12,15). The van der Waals surface area contributed by atoms with Gasteiger partial charge in [-0.1, -0.05) is 11.6 Å². The number of nitrogens with one attached hydrogen (secondary N) is 1. The van der Waals surface area contributed by atoms with E-state index in [0.717, 1.165) is 13.1 Å². The Morgan fingerprint density at radius 2 is 2.07 bits per heavy atom. The number of aromatic amines is 1. The topological polar surface area (TPSA) is 52.2 Å². The molecule has 0 saturated carbocycles. The second kappa shape index (κ2) is 5.14. The molecule has 0 aliphatic rings. The van der Waals surface area contributed by atoms with E-state index in [9.17, 15) is 4.79 Å². The molecule has 1 rings (SSSR count). The Bertz CT molecular complexity index is 377. The first-order valence-electron chi connectivity index (χ1n) is 4.61. The summed E-state index contributed by atoms with van der Waals surface area (Å²) in [5.74, 6) is 0.516. The number of likely N-dealkylation sites (N-methyl/N-ethyl adjacent to an activating group) is 2. The molecule has 0 aromatic carbocycles. The van der Waals surface area contributed by atoms with Crippen molar-refractivity contribution >= 4 is 17.4 Å². The molecule has 0 unspecified atom stereocenters. The van der Waals surface area contributed by atoms with Crippen LogP contribution >= 0.6 is 11.6 Å². The van der Waals surface area contributed by atoms with Gasteiger partial charge in [0.25, 0.3) is 5.56 Å². The molecular weight excluding hydrogens is 216 g/mol. The number of halogens is 1. The minimum Gasteiger partial charge on any atom is -0.357 e. The molecule has 0 aliphatic carbocycles. The van der Waals surface area contributed by atoms with Gasteiger partial charge in [0, 0.05) is 20.1 Å². The molecule has 1 aromatic rings. The minimum atomic E-state index is -0.307. The Morgan fingerprint density at radius 1 is 1.40 bits per heavy atom. The summed E-state index contributed by atoms with van der Waals surface area (Å²) in [7, 11) is 5.83. The van der Waals surface area contributed by atoms with Crippen LogP contribution < -0.4 is 10.5 Å². The first kappa shape index (κ1) is 12.0. The van der Waals surface area contributed by atoms with Crippen LogP contribution in [0.1, 0.15) is 0 Å². The van der Waals surface area contributed by atoms with Gasteiger partial charge in [-0.05, 0) is 14.1 Å². The molecule has 1 aromatic heterocycles. The van der Waals surface area contributed by atoms with Crippen molar-refractivity contribution in [1.82, 2.24) is 14.9 Å². The monoisotopic (exact) mass is 230 g/mol. The molecular formula is C9H15ClN4O. The second-order valence-corrected chi connectivity index (χ2v) is 3.97. The van der Waals surface area contributed by atoms with Crippen molar-refractivity contribution in [1.29, 1.82) is 0 Å². The number of hydrogen-bond acceptors (Lipinski definition) is 4. The van der Waals surface area contributed by atoms with Gasteiger partial charge in [0.2, 0.25) is 0 Å². The molecule has 0 fully saturated rings. The summed E-state index contributed by atoms with van der Waals surface area (Å²) in [6, 6.07) is 0. The molecule has 1 N–H and O–H groups in total. The van der Waals surface area contributed by atoms with Crippen LogP contribution in [-0.4, -0.2) is 49.1 Å². The van der Waals surface area contributed by atoms with Crippen molar-refractivity contribution in [3.63, 3.8) is 0 Å². The summed E-state index contributed by atoms with van der Waals surface area (Å²) in [6.45, 7) is 1.64. The Hall–Kier alpha value is -1.07. The lowest BCUT2D eigenvalue weighted by Gasteiger charge is -2.20. The van der Waals surface area contributed by atoms with Crippen molar-refractivity contribution in [2.45, 2.75) is 0 Å². The van der Waals surface area contributed by atoms with E-state index in [1.807, 2.05) is 26.0 Å². The Kier molecular flexibility index (Phi) is 4.11. The van der Waals surface area contributed by atoms with Crippen molar-refractivity contribution in [3.8, 4) is 0 Å². The largest absolute Gasteiger partial charge is 0.357 e. The van der Waals surface area contributed by atoms with E-state index in [-0.39, 0.29) is 10.6 Å². The lowest BCUT2D eigenvalue weighted by Crippen LogP contribution is -2.30. The molecule has 1 heterocycles. The van der Waals surface area contributed by atoms with E-state index in [1.165, 1.54) is 6.33 Å². The molecule has 15 heavy (non-hydrogen) atoms. The number of rotatable bonds is 4. The minimum absolute atomic E-state index is 0.138. The second-order valence-electron chi connectivity index (χ2n) is 3.59. The van der Waals surface area contributed by atoms with Gasteiger partial charge in [-0.25, -0.2) is 4.98 Å². The maximum Gasteiger partial charge on any atom is 0.271 e. The summed E-state index contributed by atoms with van der Waals surface area (Å²) in [5, 5.41) is 0.138. The fourth-order valence-electron chi connectivity index (χ4n) is 1.10. The van der Waals surface area contributed by atoms with Crippen molar-refractivity contribution in [3.05, 3.63) is 21.7 Å². The third-order valence-electron chi connectivity index (χ3n) is 2.02. The predicted molar refractivity (Wildman–Crippen MR) is 61.7 cm³/mol. The average molecular weight is 231 g/mol. The lowest BCUT2D eigenvalue weighted by atomic mass is 10.4. The summed E-state index contributed by atoms with van der Waals surface area (Å²) in [6.07, 6.45) is 1.36. The molecule has 6 heteroatoms. The van der Waals surface area contributed by atoms with Gasteiger partial charge in [-0.3, -0.25) is 4.79 Å². The summed E-state index contributed by atoms with van der Waals surface area (Å²) < 4.78 is 0. The zero-order valence-electron chi connectivity index (χ0n) is 9.12. The molecule has 0 spiro atoms. The third kappa shape index (κ3) is 3.21. The lowest BCUT2D eigenvalue weighted by molar-refractivity contribution is 0.416. The van der Waals surface area contributed by atoms with Crippen LogP contribution in [0.25, 0.3) is 0 Å². The van der Waals surface area contributed by atoms with Crippen LogP contribution in [0, 0.1) is 0 Å². The molecule has 0 aliphatic heterocycles. The average Bonchev–Trinajstić information content (AvgIpc) is 2.18. The third-order valence-corrected chi connectivity index (χ3v) is 2.36. The van der Waals surface area contributed by atoms with Crippen LogP contribution in [0.15, 0.2) is 11.1 Å². The van der Waals surface area contributed by atoms with Crippen molar-refractivity contribution in [2.75, 3.05) is 39.1 Å². The van der Waals surface area contributed by atoms with Crippen molar-refractivity contribution < 1.29 is 0 Å². The summed E-state index contributed by atoms with van der Waals surface area (Å²) in [4.78, 5) is 21.6. The maximum absolute atomic E-state index is 11.2. The van der Waals surface area contributed by atoms with E-state index < -0.39 is 0 Å². The van der Waals surface area contributed by atoms with E-state index >= 15 is 0 Å². The number of aromatic nitrogens is 2. The first-order chi connectivity index (χ1) is 7.02. The summed E-state index contributed by atoms with van der Waals surface area (Å²) in [5.41, 5.74) is -0.307. The maximum atomic E-state index is 11.2. The molecule has 5 nitrogen and oxygen atoms in total. The van der Waals surface area contributed by atoms with Crippen LogP contribution in [0.2, 0.25) is 5.02 Å². The SMILES string of the molecule is CN(C)CCN(C)c1nc[nH]c(=O)c1Cl. The van der Waals surface area contributed by atoms with Gasteiger partial charge in [-0.2, -0.15) is 0 Å². The molecule has 0 atom stereocenters. The van der Waals surface area contributed by atoms with Gasteiger partial charge in [0.15, 0.2) is 5.82 Å². The number of hydrogen-bond donors (Lipinski definition) is 1. The van der Waals surface area contributed by atoms with Crippen LogP contribution in [-0.2, 0) is 0 Å². The fraction of sp³-hybridized carbons (Fsp3) is 0.556. The van der Waals surface area contributed by atoms with Gasteiger partial charge >= 0.3 is 0 Å². The molecule has 0 amide bonds. The van der Waals surface area contributed by atoms with Crippen molar-refractivity contribution in [2.24, 2.45) is 0 Å². The summed E-state index contributed by atoms with van der Waals surface area (Å²) >= 11 is 5.84. The smallest absolute Gasteiger partial charge is 0.271 e. The quantitative estimate of drug-likeness (QED) is 0.815. The molecule has 84 valence electrons. The zero-order chi connectivity index (χ0) is 11.4. The van der Waals surface area contributed by atoms with Crippen LogP contribution in [0.3, 0.4) is 0 Å². The predicted octanol–water partition coefficient (Wildman–Crippen LogP) is 0.421. The highest BCUT2D eigenvalue weighted by Gasteiger charge is 2.10. The van der Waals surface area contributed by atoms with Crippen LogP contribution in [0.4, 0.5) is 5.82 Å². The van der Waals surface area contributed by atoms with E-state index in [1.54, 1.807) is 0 Å². The van der Waals surface area contributed by atoms with E-state index in [4.69, 9.17) is 11.6 Å². The van der Waals surface area contributed by atoms with Gasteiger partial charge in [0.05, 0.1) is 6.33 Å². The molecule has 0 bridgehead atoms.